The van der Waals surface area contributed by atoms with Gasteiger partial charge in [0, 0.05) is 18.2 Å². The summed E-state index contributed by atoms with van der Waals surface area (Å²) in [5.74, 6) is 0.864. The van der Waals surface area contributed by atoms with Crippen LogP contribution < -0.4 is 0 Å². The molecule has 5 nitrogen and oxygen atoms in total. The Bertz CT molecular complexity index is 651. The average Bonchev–Trinajstić information content (AvgIpc) is 2.54. The van der Waals surface area contributed by atoms with Crippen LogP contribution in [0.25, 0.3) is 5.70 Å². The van der Waals surface area contributed by atoms with Crippen LogP contribution in [0.15, 0.2) is 69.8 Å². The van der Waals surface area contributed by atoms with Crippen LogP contribution in [0, 0.1) is 0 Å². The van der Waals surface area contributed by atoms with E-state index in [0.717, 1.165) is 11.1 Å². The van der Waals surface area contributed by atoms with E-state index in [9.17, 15) is 10.2 Å². The molecule has 0 unspecified atom stereocenters. The SMILES string of the molecule is C/C=C(\N=NC(=NC)c1ccc(O)cc1)c1ccc(O)cc1. The van der Waals surface area contributed by atoms with Gasteiger partial charge in [0.15, 0.2) is 5.84 Å². The zero-order valence-corrected chi connectivity index (χ0v) is 12.4. The Morgan fingerprint density at radius 1 is 0.818 bits per heavy atom. The molecule has 5 heteroatoms. The van der Waals surface area contributed by atoms with E-state index >= 15 is 0 Å². The minimum atomic E-state index is 0.189. The fraction of sp³-hybridized carbons (Fsp3) is 0.118. The highest BCUT2D eigenvalue weighted by Gasteiger charge is 2.03. The fourth-order valence-electron chi connectivity index (χ4n) is 1.86. The van der Waals surface area contributed by atoms with Crippen LogP contribution in [0.1, 0.15) is 18.1 Å². The van der Waals surface area contributed by atoms with Gasteiger partial charge in [0.2, 0.25) is 0 Å². The molecule has 0 amide bonds. The van der Waals surface area contributed by atoms with E-state index in [-0.39, 0.29) is 11.5 Å². The first-order chi connectivity index (χ1) is 10.6. The first-order valence-corrected chi connectivity index (χ1v) is 6.77. The van der Waals surface area contributed by atoms with Gasteiger partial charge < -0.3 is 10.2 Å². The Morgan fingerprint density at radius 2 is 1.32 bits per heavy atom. The Hall–Kier alpha value is -2.95. The van der Waals surface area contributed by atoms with Gasteiger partial charge in [-0.15, -0.1) is 10.2 Å². The highest BCUT2D eigenvalue weighted by molar-refractivity contribution is 5.99. The second-order valence-electron chi connectivity index (χ2n) is 4.51. The number of hydrogen-bond acceptors (Lipinski definition) is 4. The number of aromatic hydroxyl groups is 2. The lowest BCUT2D eigenvalue weighted by Crippen LogP contribution is -1.95. The zero-order chi connectivity index (χ0) is 15.9. The van der Waals surface area contributed by atoms with Crippen LogP contribution >= 0.6 is 0 Å². The summed E-state index contributed by atoms with van der Waals surface area (Å²) in [5.41, 5.74) is 2.30. The summed E-state index contributed by atoms with van der Waals surface area (Å²) in [6.07, 6.45) is 1.83. The normalized spacial score (nSPS) is 12.8. The molecule has 2 N–H and O–H groups in total. The van der Waals surface area contributed by atoms with Crippen LogP contribution in [0.3, 0.4) is 0 Å². The molecule has 0 aliphatic heterocycles. The number of hydrogen-bond donors (Lipinski definition) is 2. The van der Waals surface area contributed by atoms with Gasteiger partial charge in [-0.2, -0.15) is 0 Å². The lowest BCUT2D eigenvalue weighted by molar-refractivity contribution is 0.474. The van der Waals surface area contributed by atoms with Gasteiger partial charge in [0.1, 0.15) is 11.5 Å². The summed E-state index contributed by atoms with van der Waals surface area (Å²) >= 11 is 0. The molecule has 0 spiro atoms. The van der Waals surface area contributed by atoms with Crippen LogP contribution in [0.5, 0.6) is 11.5 Å². The van der Waals surface area contributed by atoms with Gasteiger partial charge in [0.25, 0.3) is 0 Å². The van der Waals surface area contributed by atoms with Gasteiger partial charge in [-0.3, -0.25) is 4.99 Å². The number of phenols is 2. The van der Waals surface area contributed by atoms with Crippen molar-refractivity contribution in [3.8, 4) is 11.5 Å². The molecule has 0 heterocycles. The lowest BCUT2D eigenvalue weighted by atomic mass is 10.1. The average molecular weight is 295 g/mol. The minimum Gasteiger partial charge on any atom is -0.508 e. The third kappa shape index (κ3) is 3.79. The summed E-state index contributed by atoms with van der Waals surface area (Å²) in [6, 6.07) is 13.4. The molecular formula is C17H17N3O2. The van der Waals surface area contributed by atoms with Crippen molar-refractivity contribution in [3.05, 3.63) is 65.7 Å². The number of benzene rings is 2. The number of azo groups is 1. The van der Waals surface area contributed by atoms with E-state index in [1.54, 1.807) is 55.6 Å². The number of phenolic OH excluding ortho intramolecular Hbond substituents is 2. The molecule has 2 aromatic carbocycles. The standard InChI is InChI=1S/C17H17N3O2/c1-3-16(12-4-8-14(21)9-5-12)19-20-17(18-2)13-6-10-15(22)11-7-13/h3-11,21-22H,1-2H3/b16-3-,18-17?,20-19?. The topological polar surface area (TPSA) is 77.5 Å². The Kier molecular flexibility index (Phi) is 5.03. The number of aliphatic imine (C=N–C) groups is 1. The van der Waals surface area contributed by atoms with Gasteiger partial charge >= 0.3 is 0 Å². The van der Waals surface area contributed by atoms with E-state index in [1.165, 1.54) is 0 Å². The minimum absolute atomic E-state index is 0.189. The molecule has 0 aliphatic carbocycles. The van der Waals surface area contributed by atoms with Crippen molar-refractivity contribution in [2.45, 2.75) is 6.92 Å². The molecule has 0 aromatic heterocycles. The van der Waals surface area contributed by atoms with Gasteiger partial charge in [0.05, 0.1) is 5.70 Å². The molecule has 0 fully saturated rings. The van der Waals surface area contributed by atoms with Gasteiger partial charge in [-0.25, -0.2) is 0 Å². The maximum atomic E-state index is 9.33. The highest BCUT2D eigenvalue weighted by Crippen LogP contribution is 2.20. The predicted octanol–water partition coefficient (Wildman–Crippen LogP) is 3.99. The van der Waals surface area contributed by atoms with Crippen molar-refractivity contribution in [3.63, 3.8) is 0 Å². The molecule has 2 rings (SSSR count). The van der Waals surface area contributed by atoms with Crippen molar-refractivity contribution < 1.29 is 10.2 Å². The van der Waals surface area contributed by atoms with Crippen LogP contribution in [-0.4, -0.2) is 23.1 Å². The summed E-state index contributed by atoms with van der Waals surface area (Å²) in [7, 11) is 1.64. The third-order valence-electron chi connectivity index (χ3n) is 3.03. The first-order valence-electron chi connectivity index (χ1n) is 6.77. The molecule has 2 aromatic rings. The van der Waals surface area contributed by atoms with E-state index in [2.05, 4.69) is 15.2 Å². The van der Waals surface area contributed by atoms with Crippen molar-refractivity contribution in [2.24, 2.45) is 15.2 Å². The molecule has 22 heavy (non-hydrogen) atoms. The number of rotatable bonds is 3. The largest absolute Gasteiger partial charge is 0.508 e. The van der Waals surface area contributed by atoms with E-state index in [4.69, 9.17) is 0 Å². The zero-order valence-electron chi connectivity index (χ0n) is 12.4. The molecule has 0 atom stereocenters. The maximum absolute atomic E-state index is 9.33. The van der Waals surface area contributed by atoms with E-state index < -0.39 is 0 Å². The van der Waals surface area contributed by atoms with Gasteiger partial charge in [-0.1, -0.05) is 6.08 Å². The van der Waals surface area contributed by atoms with Crippen molar-refractivity contribution >= 4 is 11.5 Å². The molecule has 0 radical (unpaired) electrons. The van der Waals surface area contributed by atoms with Crippen LogP contribution in [-0.2, 0) is 0 Å². The van der Waals surface area contributed by atoms with E-state index in [1.807, 2.05) is 13.0 Å². The second-order valence-corrected chi connectivity index (χ2v) is 4.51. The van der Waals surface area contributed by atoms with Crippen molar-refractivity contribution in [1.82, 2.24) is 0 Å². The Labute approximate surface area is 129 Å². The molecule has 0 saturated carbocycles. The molecule has 0 saturated heterocycles. The summed E-state index contributed by atoms with van der Waals surface area (Å²) < 4.78 is 0. The quantitative estimate of drug-likeness (QED) is 0.510. The summed E-state index contributed by atoms with van der Waals surface area (Å²) in [6.45, 7) is 1.87. The monoisotopic (exact) mass is 295 g/mol. The van der Waals surface area contributed by atoms with Crippen molar-refractivity contribution in [1.29, 1.82) is 0 Å². The van der Waals surface area contributed by atoms with Crippen molar-refractivity contribution in [2.75, 3.05) is 7.05 Å². The second kappa shape index (κ2) is 7.17. The third-order valence-corrected chi connectivity index (χ3v) is 3.03. The smallest absolute Gasteiger partial charge is 0.176 e. The van der Waals surface area contributed by atoms with Crippen LogP contribution in [0.2, 0.25) is 0 Å². The predicted molar refractivity (Wildman–Crippen MR) is 87.2 cm³/mol. The maximum Gasteiger partial charge on any atom is 0.176 e. The summed E-state index contributed by atoms with van der Waals surface area (Å²) in [5, 5.41) is 27.0. The summed E-state index contributed by atoms with van der Waals surface area (Å²) in [4.78, 5) is 4.11. The Morgan fingerprint density at radius 3 is 1.77 bits per heavy atom. The molecular weight excluding hydrogens is 278 g/mol. The van der Waals surface area contributed by atoms with E-state index in [0.29, 0.717) is 11.5 Å². The highest BCUT2D eigenvalue weighted by atomic mass is 16.3. The van der Waals surface area contributed by atoms with Gasteiger partial charge in [-0.05, 0) is 55.5 Å². The van der Waals surface area contributed by atoms with Crippen LogP contribution in [0.4, 0.5) is 0 Å². The fourth-order valence-corrected chi connectivity index (χ4v) is 1.86. The number of amidine groups is 1. The first kappa shape index (κ1) is 15.4. The molecule has 112 valence electrons. The lowest BCUT2D eigenvalue weighted by Gasteiger charge is -2.02. The number of allylic oxidation sites excluding steroid dienone is 1. The number of nitrogens with zero attached hydrogens (tertiary/aromatic N) is 3. The Balaban J connectivity index is 2.24. The molecule has 0 aliphatic rings. The molecule has 0 bridgehead atoms.